The van der Waals surface area contributed by atoms with Crippen LogP contribution in [0.15, 0.2) is 24.4 Å². The summed E-state index contributed by atoms with van der Waals surface area (Å²) >= 11 is 12.0. The number of nitrogens with one attached hydrogen (secondary N) is 2. The first-order valence-corrected chi connectivity index (χ1v) is 6.88. The summed E-state index contributed by atoms with van der Waals surface area (Å²) in [7, 11) is 0. The molecule has 0 aliphatic rings. The number of carbonyl (C=O) groups is 2. The maximum atomic E-state index is 12.1. The summed E-state index contributed by atoms with van der Waals surface area (Å²) in [5, 5.41) is 11.2. The molecule has 1 aromatic rings. The van der Waals surface area contributed by atoms with Crippen LogP contribution < -0.4 is 21.3 Å². The number of ether oxygens (including phenoxy) is 1. The van der Waals surface area contributed by atoms with Crippen molar-refractivity contribution in [2.45, 2.75) is 13.0 Å². The van der Waals surface area contributed by atoms with Crippen molar-refractivity contribution < 1.29 is 19.5 Å². The van der Waals surface area contributed by atoms with Crippen molar-refractivity contribution in [2.24, 2.45) is 5.73 Å². The van der Waals surface area contributed by atoms with E-state index in [9.17, 15) is 9.59 Å². The molecular formula is C13H15Cl2N3O4. The summed E-state index contributed by atoms with van der Waals surface area (Å²) in [6.45, 7) is 5.48. The van der Waals surface area contributed by atoms with Crippen molar-refractivity contribution >= 4 is 35.0 Å². The van der Waals surface area contributed by atoms with Gasteiger partial charge >= 0.3 is 0 Å². The Hall–Kier alpha value is -1.96. The summed E-state index contributed by atoms with van der Waals surface area (Å²) in [5.74, 6) is -1.34. The van der Waals surface area contributed by atoms with Crippen molar-refractivity contribution in [3.05, 3.63) is 40.0 Å². The number of amides is 2. The van der Waals surface area contributed by atoms with Gasteiger partial charge in [-0.15, -0.1) is 0 Å². The Bertz CT molecular complexity index is 584. The molecule has 1 aromatic carbocycles. The number of hydrogen-bond acceptors (Lipinski definition) is 5. The van der Waals surface area contributed by atoms with Gasteiger partial charge in [-0.3, -0.25) is 14.8 Å². The molecule has 0 aliphatic carbocycles. The third-order valence-corrected chi connectivity index (χ3v) is 3.13. The molecule has 0 bridgehead atoms. The van der Waals surface area contributed by atoms with Crippen LogP contribution in [0.25, 0.3) is 0 Å². The lowest BCUT2D eigenvalue weighted by molar-refractivity contribution is -0.130. The fourth-order valence-electron chi connectivity index (χ4n) is 1.58. The third kappa shape index (κ3) is 4.27. The highest BCUT2D eigenvalue weighted by Crippen LogP contribution is 2.34. The van der Waals surface area contributed by atoms with Crippen LogP contribution in [0.1, 0.15) is 17.3 Å². The number of rotatable bonds is 6. The summed E-state index contributed by atoms with van der Waals surface area (Å²) in [6.07, 6.45) is 0. The number of halogens is 2. The van der Waals surface area contributed by atoms with Gasteiger partial charge in [-0.25, -0.2) is 5.48 Å². The highest BCUT2D eigenvalue weighted by atomic mass is 35.5. The summed E-state index contributed by atoms with van der Waals surface area (Å²) < 4.78 is 5.25. The Kier molecular flexibility index (Phi) is 6.48. The fraction of sp³-hybridized carbons (Fsp3) is 0.231. The first-order valence-electron chi connectivity index (χ1n) is 6.12. The van der Waals surface area contributed by atoms with Crippen molar-refractivity contribution in [2.75, 3.05) is 6.61 Å². The van der Waals surface area contributed by atoms with Crippen LogP contribution in [0.2, 0.25) is 10.0 Å². The predicted octanol–water partition coefficient (Wildman–Crippen LogP) is 1.47. The molecule has 0 radical (unpaired) electrons. The van der Waals surface area contributed by atoms with Crippen LogP contribution in [0.3, 0.4) is 0 Å². The Labute approximate surface area is 137 Å². The molecule has 0 fully saturated rings. The molecule has 7 nitrogen and oxygen atoms in total. The van der Waals surface area contributed by atoms with Gasteiger partial charge in [0.2, 0.25) is 0 Å². The molecule has 2 amide bonds. The lowest BCUT2D eigenvalue weighted by Crippen LogP contribution is -2.48. The number of hydrogen-bond donors (Lipinski definition) is 4. The quantitative estimate of drug-likeness (QED) is 0.459. The molecule has 0 saturated carbocycles. The van der Waals surface area contributed by atoms with E-state index in [2.05, 4.69) is 11.9 Å². The summed E-state index contributed by atoms with van der Waals surface area (Å²) in [6, 6.07) is 1.36. The molecule has 1 rings (SSSR count). The second-order valence-corrected chi connectivity index (χ2v) is 4.97. The van der Waals surface area contributed by atoms with Gasteiger partial charge < -0.3 is 15.8 Å². The normalized spacial score (nSPS) is 11.5. The Balaban J connectivity index is 3.03. The molecule has 0 aromatic heterocycles. The van der Waals surface area contributed by atoms with Gasteiger partial charge in [0.05, 0.1) is 16.7 Å². The molecule has 5 N–H and O–H groups in total. The van der Waals surface area contributed by atoms with Gasteiger partial charge in [0.25, 0.3) is 11.8 Å². The lowest BCUT2D eigenvalue weighted by Gasteiger charge is -2.17. The Morgan fingerprint density at radius 1 is 1.41 bits per heavy atom. The molecule has 22 heavy (non-hydrogen) atoms. The average Bonchev–Trinajstić information content (AvgIpc) is 2.46. The van der Waals surface area contributed by atoms with E-state index in [1.54, 1.807) is 6.92 Å². The number of benzene rings is 1. The third-order valence-electron chi connectivity index (χ3n) is 2.57. The molecule has 0 heterocycles. The van der Waals surface area contributed by atoms with Gasteiger partial charge in [0.15, 0.2) is 5.75 Å². The molecule has 0 saturated heterocycles. The molecule has 0 spiro atoms. The van der Waals surface area contributed by atoms with Gasteiger partial charge in [-0.1, -0.05) is 29.8 Å². The molecule has 9 heteroatoms. The van der Waals surface area contributed by atoms with Crippen LogP contribution in [0.5, 0.6) is 5.75 Å². The largest absolute Gasteiger partial charge is 0.491 e. The van der Waals surface area contributed by atoms with Gasteiger partial charge in [-0.2, -0.15) is 0 Å². The maximum absolute atomic E-state index is 12.1. The van der Waals surface area contributed by atoms with Gasteiger partial charge in [-0.05, 0) is 19.1 Å². The summed E-state index contributed by atoms with van der Waals surface area (Å²) in [5.41, 5.74) is 6.74. The van der Waals surface area contributed by atoms with Crippen LogP contribution >= 0.6 is 23.2 Å². The van der Waals surface area contributed by atoms with Crippen LogP contribution in [-0.4, -0.2) is 29.7 Å². The number of hydroxylamine groups is 1. The predicted molar refractivity (Wildman–Crippen MR) is 82.1 cm³/mol. The number of carbonyl (C=O) groups excluding carboxylic acids is 2. The van der Waals surface area contributed by atoms with Gasteiger partial charge in [0.1, 0.15) is 6.04 Å². The standard InChI is InChI=1S/C13H15Cl2N3O4/c1-3-22-11-8(14)4-7(5-9(11)15)12(19)17-10(6(2)16)13(20)18-21/h4-5,10,21H,2-3,16H2,1H3,(H,17,19)(H,18,20). The van der Waals surface area contributed by atoms with E-state index in [1.807, 2.05) is 0 Å². The second kappa shape index (κ2) is 7.88. The Morgan fingerprint density at radius 3 is 2.36 bits per heavy atom. The zero-order valence-corrected chi connectivity index (χ0v) is 13.2. The second-order valence-electron chi connectivity index (χ2n) is 4.16. The lowest BCUT2D eigenvalue weighted by atomic mass is 10.1. The summed E-state index contributed by atoms with van der Waals surface area (Å²) in [4.78, 5) is 23.5. The van der Waals surface area contributed by atoms with E-state index in [0.29, 0.717) is 6.61 Å². The maximum Gasteiger partial charge on any atom is 0.272 e. The average molecular weight is 348 g/mol. The first kappa shape index (κ1) is 18.1. The fourth-order valence-corrected chi connectivity index (χ4v) is 2.17. The van der Waals surface area contributed by atoms with Crippen LogP contribution in [0, 0.1) is 0 Å². The molecule has 0 aliphatic heterocycles. The minimum atomic E-state index is -1.30. The van der Waals surface area contributed by atoms with E-state index in [4.69, 9.17) is 38.9 Å². The van der Waals surface area contributed by atoms with Gasteiger partial charge in [0, 0.05) is 11.3 Å². The van der Waals surface area contributed by atoms with Crippen LogP contribution in [-0.2, 0) is 4.79 Å². The van der Waals surface area contributed by atoms with Crippen molar-refractivity contribution in [3.63, 3.8) is 0 Å². The molecule has 120 valence electrons. The Morgan fingerprint density at radius 2 is 1.95 bits per heavy atom. The van der Waals surface area contributed by atoms with Crippen LogP contribution in [0.4, 0.5) is 0 Å². The zero-order valence-electron chi connectivity index (χ0n) is 11.7. The monoisotopic (exact) mass is 347 g/mol. The van der Waals surface area contributed by atoms with E-state index in [0.717, 1.165) is 0 Å². The molecular weight excluding hydrogens is 333 g/mol. The van der Waals surface area contributed by atoms with Crippen molar-refractivity contribution in [1.82, 2.24) is 10.8 Å². The van der Waals surface area contributed by atoms with Crippen molar-refractivity contribution in [1.29, 1.82) is 0 Å². The minimum absolute atomic E-state index is 0.0930. The highest BCUT2D eigenvalue weighted by molar-refractivity contribution is 6.37. The minimum Gasteiger partial charge on any atom is -0.491 e. The van der Waals surface area contributed by atoms with E-state index in [1.165, 1.54) is 17.6 Å². The molecule has 1 unspecified atom stereocenters. The van der Waals surface area contributed by atoms with E-state index < -0.39 is 17.9 Å². The SMILES string of the molecule is C=C(N)C(NC(=O)c1cc(Cl)c(OCC)c(Cl)c1)C(=O)NO. The van der Waals surface area contributed by atoms with E-state index in [-0.39, 0.29) is 27.1 Å². The van der Waals surface area contributed by atoms with Crippen molar-refractivity contribution in [3.8, 4) is 5.75 Å². The zero-order chi connectivity index (χ0) is 16.9. The highest BCUT2D eigenvalue weighted by Gasteiger charge is 2.23. The molecule has 1 atom stereocenters. The topological polar surface area (TPSA) is 114 Å². The van der Waals surface area contributed by atoms with E-state index >= 15 is 0 Å². The smallest absolute Gasteiger partial charge is 0.272 e. The first-order chi connectivity index (χ1) is 10.3. The number of nitrogens with two attached hydrogens (primary N) is 1.